The van der Waals surface area contributed by atoms with Gasteiger partial charge in [-0.3, -0.25) is 0 Å². The van der Waals surface area contributed by atoms with Crippen LogP contribution in [0.25, 0.3) is 0 Å². The van der Waals surface area contributed by atoms with E-state index < -0.39 is 0 Å². The molecule has 1 aromatic rings. The molecule has 0 amide bonds. The van der Waals surface area contributed by atoms with E-state index in [1.165, 1.54) is 45.2 Å². The highest BCUT2D eigenvalue weighted by atomic mass is 15.2. The SMILES string of the molecule is c1ccc(N2CCCCCCC2)nc1. The molecule has 1 aliphatic heterocycles. The van der Waals surface area contributed by atoms with Crippen molar-refractivity contribution < 1.29 is 0 Å². The van der Waals surface area contributed by atoms with Gasteiger partial charge in [0.2, 0.25) is 0 Å². The van der Waals surface area contributed by atoms with E-state index in [-0.39, 0.29) is 0 Å². The van der Waals surface area contributed by atoms with Crippen LogP contribution in [0.5, 0.6) is 0 Å². The highest BCUT2D eigenvalue weighted by Crippen LogP contribution is 2.16. The van der Waals surface area contributed by atoms with Crippen molar-refractivity contribution in [2.45, 2.75) is 32.1 Å². The van der Waals surface area contributed by atoms with Gasteiger partial charge in [-0.25, -0.2) is 4.98 Å². The fourth-order valence-corrected chi connectivity index (χ4v) is 2.02. The smallest absolute Gasteiger partial charge is 0.128 e. The zero-order valence-corrected chi connectivity index (χ0v) is 8.65. The summed E-state index contributed by atoms with van der Waals surface area (Å²) in [6.07, 6.45) is 8.68. The Labute approximate surface area is 86.0 Å². The quantitative estimate of drug-likeness (QED) is 0.677. The second kappa shape index (κ2) is 4.99. The van der Waals surface area contributed by atoms with Gasteiger partial charge < -0.3 is 4.90 Å². The lowest BCUT2D eigenvalue weighted by atomic mass is 10.1. The fourth-order valence-electron chi connectivity index (χ4n) is 2.02. The Bertz CT molecular complexity index is 250. The number of hydrogen-bond donors (Lipinski definition) is 0. The molecule has 0 bridgehead atoms. The molecule has 1 saturated heterocycles. The molecule has 0 N–H and O–H groups in total. The van der Waals surface area contributed by atoms with Crippen LogP contribution in [0.1, 0.15) is 32.1 Å². The predicted molar refractivity (Wildman–Crippen MR) is 59.5 cm³/mol. The van der Waals surface area contributed by atoms with Crippen molar-refractivity contribution in [3.63, 3.8) is 0 Å². The second-order valence-electron chi connectivity index (χ2n) is 3.94. The van der Waals surface area contributed by atoms with Crippen LogP contribution in [0.4, 0.5) is 5.82 Å². The minimum absolute atomic E-state index is 1.15. The molecule has 0 atom stereocenters. The third-order valence-corrected chi connectivity index (χ3v) is 2.83. The third-order valence-electron chi connectivity index (χ3n) is 2.83. The molecule has 2 heteroatoms. The van der Waals surface area contributed by atoms with Crippen LogP contribution in [0.2, 0.25) is 0 Å². The topological polar surface area (TPSA) is 16.1 Å². The van der Waals surface area contributed by atoms with Crippen molar-refractivity contribution in [2.75, 3.05) is 18.0 Å². The number of rotatable bonds is 1. The lowest BCUT2D eigenvalue weighted by Gasteiger charge is -2.25. The van der Waals surface area contributed by atoms with Crippen molar-refractivity contribution in [3.05, 3.63) is 24.4 Å². The molecule has 2 rings (SSSR count). The summed E-state index contributed by atoms with van der Waals surface area (Å²) in [4.78, 5) is 6.82. The van der Waals surface area contributed by atoms with Crippen LogP contribution < -0.4 is 4.90 Å². The highest BCUT2D eigenvalue weighted by molar-refractivity contribution is 5.37. The van der Waals surface area contributed by atoms with Crippen molar-refractivity contribution in [2.24, 2.45) is 0 Å². The Balaban J connectivity index is 2.01. The standard InChI is InChI=1S/C12H18N2/c1-2-6-10-14(11-7-3-1)12-8-4-5-9-13-12/h4-5,8-9H,1-3,6-7,10-11H2. The van der Waals surface area contributed by atoms with E-state index in [0.717, 1.165) is 5.82 Å². The molecule has 0 radical (unpaired) electrons. The second-order valence-corrected chi connectivity index (χ2v) is 3.94. The number of pyridine rings is 1. The summed E-state index contributed by atoms with van der Waals surface area (Å²) in [6, 6.07) is 6.16. The number of anilines is 1. The summed E-state index contributed by atoms with van der Waals surface area (Å²) >= 11 is 0. The molecular weight excluding hydrogens is 172 g/mol. The summed E-state index contributed by atoms with van der Waals surface area (Å²) < 4.78 is 0. The molecule has 0 saturated carbocycles. The molecule has 1 aliphatic rings. The highest BCUT2D eigenvalue weighted by Gasteiger charge is 2.08. The van der Waals surface area contributed by atoms with Gasteiger partial charge >= 0.3 is 0 Å². The molecule has 14 heavy (non-hydrogen) atoms. The van der Waals surface area contributed by atoms with E-state index in [9.17, 15) is 0 Å². The monoisotopic (exact) mass is 190 g/mol. The maximum absolute atomic E-state index is 4.40. The number of nitrogens with zero attached hydrogens (tertiary/aromatic N) is 2. The maximum Gasteiger partial charge on any atom is 0.128 e. The Hall–Kier alpha value is -1.05. The first-order valence-corrected chi connectivity index (χ1v) is 5.63. The largest absolute Gasteiger partial charge is 0.357 e. The first kappa shape index (κ1) is 9.50. The molecule has 0 spiro atoms. The lowest BCUT2D eigenvalue weighted by molar-refractivity contribution is 0.554. The van der Waals surface area contributed by atoms with Gasteiger partial charge in [0.25, 0.3) is 0 Å². The van der Waals surface area contributed by atoms with E-state index in [2.05, 4.69) is 22.0 Å². The molecule has 0 aliphatic carbocycles. The molecule has 1 aromatic heterocycles. The molecule has 0 unspecified atom stereocenters. The van der Waals surface area contributed by atoms with Gasteiger partial charge in [-0.1, -0.05) is 25.3 Å². The van der Waals surface area contributed by atoms with E-state index in [0.29, 0.717) is 0 Å². The summed E-state index contributed by atoms with van der Waals surface area (Å²) in [7, 11) is 0. The predicted octanol–water partition coefficient (Wildman–Crippen LogP) is 2.85. The van der Waals surface area contributed by atoms with Crippen LogP contribution in [-0.2, 0) is 0 Å². The van der Waals surface area contributed by atoms with Gasteiger partial charge in [0.15, 0.2) is 0 Å². The Morgan fingerprint density at radius 3 is 2.29 bits per heavy atom. The average Bonchev–Trinajstić information content (AvgIpc) is 2.18. The van der Waals surface area contributed by atoms with Crippen molar-refractivity contribution in [1.29, 1.82) is 0 Å². The van der Waals surface area contributed by atoms with Crippen molar-refractivity contribution >= 4 is 5.82 Å². The van der Waals surface area contributed by atoms with Crippen LogP contribution >= 0.6 is 0 Å². The van der Waals surface area contributed by atoms with Crippen molar-refractivity contribution in [3.8, 4) is 0 Å². The minimum atomic E-state index is 1.15. The van der Waals surface area contributed by atoms with E-state index >= 15 is 0 Å². The first-order chi connectivity index (χ1) is 6.97. The first-order valence-electron chi connectivity index (χ1n) is 5.63. The Morgan fingerprint density at radius 2 is 1.64 bits per heavy atom. The van der Waals surface area contributed by atoms with E-state index in [1.807, 2.05) is 12.3 Å². The zero-order valence-electron chi connectivity index (χ0n) is 8.65. The molecular formula is C12H18N2. The average molecular weight is 190 g/mol. The summed E-state index contributed by atoms with van der Waals surface area (Å²) in [5, 5.41) is 0. The molecule has 2 heterocycles. The van der Waals surface area contributed by atoms with E-state index in [1.54, 1.807) is 0 Å². The fraction of sp³-hybridized carbons (Fsp3) is 0.583. The zero-order chi connectivity index (χ0) is 9.64. The molecule has 0 aromatic carbocycles. The van der Waals surface area contributed by atoms with Crippen molar-refractivity contribution in [1.82, 2.24) is 4.98 Å². The van der Waals surface area contributed by atoms with Crippen LogP contribution in [-0.4, -0.2) is 18.1 Å². The van der Waals surface area contributed by atoms with Gasteiger partial charge in [-0.2, -0.15) is 0 Å². The van der Waals surface area contributed by atoms with Gasteiger partial charge in [0.05, 0.1) is 0 Å². The number of hydrogen-bond acceptors (Lipinski definition) is 2. The van der Waals surface area contributed by atoms with Gasteiger partial charge in [0, 0.05) is 19.3 Å². The van der Waals surface area contributed by atoms with Gasteiger partial charge in [-0.15, -0.1) is 0 Å². The van der Waals surface area contributed by atoms with Gasteiger partial charge in [0.1, 0.15) is 5.82 Å². The van der Waals surface area contributed by atoms with Crippen LogP contribution in [0.3, 0.4) is 0 Å². The van der Waals surface area contributed by atoms with Crippen LogP contribution in [0, 0.1) is 0 Å². The summed E-state index contributed by atoms with van der Waals surface area (Å²) in [6.45, 7) is 2.36. The summed E-state index contributed by atoms with van der Waals surface area (Å²) in [5.41, 5.74) is 0. The molecule has 76 valence electrons. The van der Waals surface area contributed by atoms with E-state index in [4.69, 9.17) is 0 Å². The molecule has 2 nitrogen and oxygen atoms in total. The normalized spacial score (nSPS) is 18.7. The Morgan fingerprint density at radius 1 is 0.929 bits per heavy atom. The maximum atomic E-state index is 4.40. The minimum Gasteiger partial charge on any atom is -0.357 e. The summed E-state index contributed by atoms with van der Waals surface area (Å²) in [5.74, 6) is 1.15. The van der Waals surface area contributed by atoms with Gasteiger partial charge in [-0.05, 0) is 25.0 Å². The van der Waals surface area contributed by atoms with Crippen LogP contribution in [0.15, 0.2) is 24.4 Å². The lowest BCUT2D eigenvalue weighted by Crippen LogP contribution is -2.27. The molecule has 1 fully saturated rings. The Kier molecular flexibility index (Phi) is 3.39. The number of aromatic nitrogens is 1. The third kappa shape index (κ3) is 2.47.